The van der Waals surface area contributed by atoms with Gasteiger partial charge in [-0.1, -0.05) is 12.1 Å². The van der Waals surface area contributed by atoms with E-state index in [0.717, 1.165) is 11.4 Å². The predicted molar refractivity (Wildman–Crippen MR) is 62.6 cm³/mol. The van der Waals surface area contributed by atoms with Gasteiger partial charge in [0.15, 0.2) is 0 Å². The lowest BCUT2D eigenvalue weighted by Gasteiger charge is -2.18. The number of nitrogens with zero attached hydrogens (tertiary/aromatic N) is 3. The minimum absolute atomic E-state index is 1.14. The molecule has 0 aliphatic rings. The van der Waals surface area contributed by atoms with Crippen LogP contribution in [0.4, 0.5) is 5.69 Å². The van der Waals surface area contributed by atoms with Crippen LogP contribution in [0.15, 0.2) is 36.8 Å². The van der Waals surface area contributed by atoms with E-state index in [4.69, 9.17) is 0 Å². The molecule has 2 aromatic rings. The monoisotopic (exact) mass is 201 g/mol. The first-order chi connectivity index (χ1) is 7.20. The van der Waals surface area contributed by atoms with E-state index < -0.39 is 0 Å². The number of aryl methyl sites for hydroxylation is 1. The number of rotatable bonds is 2. The summed E-state index contributed by atoms with van der Waals surface area (Å²) in [6, 6.07) is 8.30. The molecule has 0 saturated heterocycles. The molecular weight excluding hydrogens is 186 g/mol. The van der Waals surface area contributed by atoms with Gasteiger partial charge in [-0.3, -0.25) is 0 Å². The van der Waals surface area contributed by atoms with Crippen LogP contribution in [0.3, 0.4) is 0 Å². The Morgan fingerprint density at radius 1 is 1.20 bits per heavy atom. The van der Waals surface area contributed by atoms with Crippen LogP contribution in [0, 0.1) is 6.92 Å². The third-order valence-electron chi connectivity index (χ3n) is 2.45. The van der Waals surface area contributed by atoms with E-state index in [1.165, 1.54) is 5.69 Å². The van der Waals surface area contributed by atoms with E-state index in [-0.39, 0.29) is 0 Å². The fourth-order valence-electron chi connectivity index (χ4n) is 1.66. The first kappa shape index (κ1) is 9.77. The third-order valence-corrected chi connectivity index (χ3v) is 2.45. The van der Waals surface area contributed by atoms with E-state index in [2.05, 4.69) is 33.5 Å². The molecule has 0 fully saturated rings. The molecule has 0 N–H and O–H groups in total. The Labute approximate surface area is 90.0 Å². The number of para-hydroxylation sites is 2. The van der Waals surface area contributed by atoms with Crippen LogP contribution in [0.25, 0.3) is 5.69 Å². The molecule has 0 radical (unpaired) electrons. The fraction of sp³-hybridized carbons (Fsp3) is 0.250. The van der Waals surface area contributed by atoms with Crippen LogP contribution in [-0.4, -0.2) is 23.6 Å². The highest BCUT2D eigenvalue weighted by Gasteiger charge is 2.06. The second-order valence-electron chi connectivity index (χ2n) is 3.79. The Hall–Kier alpha value is -1.77. The Morgan fingerprint density at radius 3 is 2.53 bits per heavy atom. The summed E-state index contributed by atoms with van der Waals surface area (Å²) in [6.07, 6.45) is 3.71. The summed E-state index contributed by atoms with van der Waals surface area (Å²) >= 11 is 0. The largest absolute Gasteiger partial charge is 0.376 e. The minimum Gasteiger partial charge on any atom is -0.376 e. The molecule has 0 aliphatic heterocycles. The molecule has 2 rings (SSSR count). The van der Waals surface area contributed by atoms with E-state index in [1.54, 1.807) is 0 Å². The lowest BCUT2D eigenvalue weighted by Crippen LogP contribution is -2.12. The van der Waals surface area contributed by atoms with Crippen LogP contribution in [0.1, 0.15) is 5.69 Å². The molecule has 15 heavy (non-hydrogen) atoms. The van der Waals surface area contributed by atoms with Gasteiger partial charge in [-0.2, -0.15) is 0 Å². The quantitative estimate of drug-likeness (QED) is 0.743. The molecule has 0 aliphatic carbocycles. The maximum Gasteiger partial charge on any atom is 0.0994 e. The molecule has 0 amide bonds. The molecule has 0 unspecified atom stereocenters. The smallest absolute Gasteiger partial charge is 0.0994 e. The number of imidazole rings is 1. The summed E-state index contributed by atoms with van der Waals surface area (Å²) in [7, 11) is 4.09. The van der Waals surface area contributed by atoms with Crippen molar-refractivity contribution in [1.82, 2.24) is 9.55 Å². The van der Waals surface area contributed by atoms with Gasteiger partial charge in [-0.25, -0.2) is 4.98 Å². The van der Waals surface area contributed by atoms with Crippen molar-refractivity contribution in [2.24, 2.45) is 0 Å². The summed E-state index contributed by atoms with van der Waals surface area (Å²) in [5.74, 6) is 0. The van der Waals surface area contributed by atoms with Crippen molar-refractivity contribution in [2.45, 2.75) is 6.92 Å². The van der Waals surface area contributed by atoms with E-state index >= 15 is 0 Å². The van der Waals surface area contributed by atoms with Crippen LogP contribution >= 0.6 is 0 Å². The molecule has 0 spiro atoms. The summed E-state index contributed by atoms with van der Waals surface area (Å²) in [5, 5.41) is 0. The molecule has 1 heterocycles. The Morgan fingerprint density at radius 2 is 1.93 bits per heavy atom. The van der Waals surface area contributed by atoms with Crippen LogP contribution in [0.2, 0.25) is 0 Å². The predicted octanol–water partition coefficient (Wildman–Crippen LogP) is 2.25. The maximum atomic E-state index is 4.14. The zero-order valence-corrected chi connectivity index (χ0v) is 9.31. The first-order valence-corrected chi connectivity index (χ1v) is 4.96. The van der Waals surface area contributed by atoms with Gasteiger partial charge in [0.05, 0.1) is 17.7 Å². The van der Waals surface area contributed by atoms with Gasteiger partial charge in [0.25, 0.3) is 0 Å². The van der Waals surface area contributed by atoms with Gasteiger partial charge in [0.1, 0.15) is 0 Å². The lowest BCUT2D eigenvalue weighted by atomic mass is 10.2. The number of aromatic nitrogens is 2. The molecule has 1 aromatic heterocycles. The molecule has 1 aromatic carbocycles. The van der Waals surface area contributed by atoms with Crippen molar-refractivity contribution in [2.75, 3.05) is 19.0 Å². The Balaban J connectivity index is 2.58. The van der Waals surface area contributed by atoms with Crippen molar-refractivity contribution in [3.05, 3.63) is 42.5 Å². The number of anilines is 1. The first-order valence-electron chi connectivity index (χ1n) is 4.96. The second-order valence-corrected chi connectivity index (χ2v) is 3.79. The van der Waals surface area contributed by atoms with Crippen molar-refractivity contribution < 1.29 is 0 Å². The standard InChI is InChI=1S/C12H15N3/c1-10-8-13-9-15(10)12-7-5-4-6-11(12)14(2)3/h4-9H,1-3H3. The van der Waals surface area contributed by atoms with Crippen LogP contribution < -0.4 is 4.90 Å². The highest BCUT2D eigenvalue weighted by Crippen LogP contribution is 2.23. The van der Waals surface area contributed by atoms with E-state index in [1.807, 2.05) is 38.8 Å². The lowest BCUT2D eigenvalue weighted by molar-refractivity contribution is 0.984. The summed E-state index contributed by atoms with van der Waals surface area (Å²) < 4.78 is 2.09. The minimum atomic E-state index is 1.14. The maximum absolute atomic E-state index is 4.14. The Bertz CT molecular complexity index is 457. The normalized spacial score (nSPS) is 10.3. The highest BCUT2D eigenvalue weighted by molar-refractivity contribution is 5.62. The van der Waals surface area contributed by atoms with Gasteiger partial charge < -0.3 is 9.47 Å². The number of hydrogen-bond donors (Lipinski definition) is 0. The number of hydrogen-bond acceptors (Lipinski definition) is 2. The van der Waals surface area contributed by atoms with Crippen molar-refractivity contribution in [3.63, 3.8) is 0 Å². The fourth-order valence-corrected chi connectivity index (χ4v) is 1.66. The number of benzene rings is 1. The summed E-state index contributed by atoms with van der Waals surface area (Å²) in [6.45, 7) is 2.06. The van der Waals surface area contributed by atoms with Crippen molar-refractivity contribution >= 4 is 5.69 Å². The van der Waals surface area contributed by atoms with Gasteiger partial charge in [0, 0.05) is 26.0 Å². The van der Waals surface area contributed by atoms with E-state index in [9.17, 15) is 0 Å². The van der Waals surface area contributed by atoms with E-state index in [0.29, 0.717) is 0 Å². The molecule has 3 heteroatoms. The summed E-state index contributed by atoms with van der Waals surface area (Å²) in [4.78, 5) is 6.25. The zero-order valence-electron chi connectivity index (χ0n) is 9.31. The second kappa shape index (κ2) is 3.77. The van der Waals surface area contributed by atoms with Crippen LogP contribution in [0.5, 0.6) is 0 Å². The van der Waals surface area contributed by atoms with Gasteiger partial charge >= 0.3 is 0 Å². The van der Waals surface area contributed by atoms with Crippen molar-refractivity contribution in [3.8, 4) is 5.69 Å². The van der Waals surface area contributed by atoms with Gasteiger partial charge in [-0.05, 0) is 19.1 Å². The molecule has 78 valence electrons. The molecule has 3 nitrogen and oxygen atoms in total. The summed E-state index contributed by atoms with van der Waals surface area (Å²) in [5.41, 5.74) is 3.50. The van der Waals surface area contributed by atoms with Gasteiger partial charge in [0.2, 0.25) is 0 Å². The molecule has 0 bridgehead atoms. The van der Waals surface area contributed by atoms with Crippen LogP contribution in [-0.2, 0) is 0 Å². The zero-order chi connectivity index (χ0) is 10.8. The van der Waals surface area contributed by atoms with Crippen molar-refractivity contribution in [1.29, 1.82) is 0 Å². The Kier molecular flexibility index (Phi) is 2.46. The SMILES string of the molecule is Cc1cncn1-c1ccccc1N(C)C. The average molecular weight is 201 g/mol. The molecular formula is C12H15N3. The third kappa shape index (κ3) is 1.73. The highest BCUT2D eigenvalue weighted by atomic mass is 15.1. The topological polar surface area (TPSA) is 21.1 Å². The molecule has 0 atom stereocenters. The van der Waals surface area contributed by atoms with Gasteiger partial charge in [-0.15, -0.1) is 0 Å². The average Bonchev–Trinajstić information content (AvgIpc) is 2.64. The molecule has 0 saturated carbocycles.